The van der Waals surface area contributed by atoms with Crippen LogP contribution in [0.1, 0.15) is 18.1 Å². The molecule has 0 aliphatic heterocycles. The number of hydrogen-bond donors (Lipinski definition) is 1. The second-order valence-corrected chi connectivity index (χ2v) is 3.61. The molecule has 1 N–H and O–H groups in total. The topological polar surface area (TPSA) is 46.5 Å². The highest BCUT2D eigenvalue weighted by Crippen LogP contribution is 2.35. The van der Waals surface area contributed by atoms with Crippen molar-refractivity contribution in [3.05, 3.63) is 47.0 Å². The second-order valence-electron chi connectivity index (χ2n) is 3.61. The summed E-state index contributed by atoms with van der Waals surface area (Å²) in [7, 11) is 1.34. The minimum Gasteiger partial charge on any atom is -0.507 e. The summed E-state index contributed by atoms with van der Waals surface area (Å²) in [6.07, 6.45) is 1.59. The van der Waals surface area contributed by atoms with Gasteiger partial charge in [-0.05, 0) is 24.1 Å². The first-order valence-corrected chi connectivity index (χ1v) is 4.94. The molecule has 0 heterocycles. The molecular formula is C13H12O3. The Bertz CT molecular complexity index is 510. The van der Waals surface area contributed by atoms with Crippen molar-refractivity contribution in [3.8, 4) is 0 Å². The Morgan fingerprint density at radius 3 is 2.50 bits per heavy atom. The number of methoxy groups -OCH3 is 1. The lowest BCUT2D eigenvalue weighted by Crippen LogP contribution is -2.03. The van der Waals surface area contributed by atoms with E-state index in [4.69, 9.17) is 0 Å². The SMILES string of the molecule is COC(=O)/C(C)=C1\C=C(O)c2ccccc21. The predicted molar refractivity (Wildman–Crippen MR) is 61.7 cm³/mol. The number of carbonyl (C=O) groups excluding carboxylic acids is 1. The third kappa shape index (κ3) is 1.50. The van der Waals surface area contributed by atoms with Crippen LogP contribution in [0, 0.1) is 0 Å². The number of ether oxygens (including phenoxy) is 1. The molecule has 0 amide bonds. The summed E-state index contributed by atoms with van der Waals surface area (Å²) in [5.41, 5.74) is 2.84. The van der Waals surface area contributed by atoms with Gasteiger partial charge in [0.05, 0.1) is 7.11 Å². The van der Waals surface area contributed by atoms with Gasteiger partial charge >= 0.3 is 5.97 Å². The Hall–Kier alpha value is -2.03. The van der Waals surface area contributed by atoms with E-state index in [9.17, 15) is 9.90 Å². The Kier molecular flexibility index (Phi) is 2.52. The fraction of sp³-hybridized carbons (Fsp3) is 0.154. The molecule has 16 heavy (non-hydrogen) atoms. The van der Waals surface area contributed by atoms with Crippen LogP contribution in [-0.4, -0.2) is 18.2 Å². The van der Waals surface area contributed by atoms with Gasteiger partial charge in [0.15, 0.2) is 0 Å². The van der Waals surface area contributed by atoms with Crippen LogP contribution in [0.25, 0.3) is 11.3 Å². The van der Waals surface area contributed by atoms with Gasteiger partial charge in [0.25, 0.3) is 0 Å². The zero-order chi connectivity index (χ0) is 11.7. The summed E-state index contributed by atoms with van der Waals surface area (Å²) in [6.45, 7) is 1.69. The molecule has 0 radical (unpaired) electrons. The molecule has 0 spiro atoms. The van der Waals surface area contributed by atoms with E-state index >= 15 is 0 Å². The smallest absolute Gasteiger partial charge is 0.334 e. The van der Waals surface area contributed by atoms with Gasteiger partial charge in [0.2, 0.25) is 0 Å². The van der Waals surface area contributed by atoms with Gasteiger partial charge in [-0.1, -0.05) is 24.3 Å². The lowest BCUT2D eigenvalue weighted by atomic mass is 10.0. The van der Waals surface area contributed by atoms with Crippen LogP contribution < -0.4 is 0 Å². The highest BCUT2D eigenvalue weighted by Gasteiger charge is 2.21. The van der Waals surface area contributed by atoms with Gasteiger partial charge < -0.3 is 9.84 Å². The van der Waals surface area contributed by atoms with Crippen molar-refractivity contribution < 1.29 is 14.6 Å². The van der Waals surface area contributed by atoms with Crippen molar-refractivity contribution in [3.63, 3.8) is 0 Å². The van der Waals surface area contributed by atoms with Crippen molar-refractivity contribution in [2.24, 2.45) is 0 Å². The second kappa shape index (κ2) is 3.85. The molecular weight excluding hydrogens is 204 g/mol. The largest absolute Gasteiger partial charge is 0.507 e. The highest BCUT2D eigenvalue weighted by molar-refractivity contribution is 6.05. The van der Waals surface area contributed by atoms with Crippen molar-refractivity contribution in [2.75, 3.05) is 7.11 Å². The van der Waals surface area contributed by atoms with E-state index in [0.29, 0.717) is 5.57 Å². The predicted octanol–water partition coefficient (Wildman–Crippen LogP) is 2.55. The molecule has 0 unspecified atom stereocenters. The lowest BCUT2D eigenvalue weighted by Gasteiger charge is -2.04. The summed E-state index contributed by atoms with van der Waals surface area (Å²) < 4.78 is 4.67. The third-order valence-corrected chi connectivity index (χ3v) is 2.67. The number of esters is 1. The summed E-state index contributed by atoms with van der Waals surface area (Å²) in [5.74, 6) is -0.190. The molecule has 3 nitrogen and oxygen atoms in total. The van der Waals surface area contributed by atoms with Crippen LogP contribution in [0.2, 0.25) is 0 Å². The Morgan fingerprint density at radius 1 is 1.25 bits per heavy atom. The molecule has 0 saturated carbocycles. The maximum atomic E-state index is 11.4. The molecule has 0 aromatic heterocycles. The first-order valence-electron chi connectivity index (χ1n) is 4.94. The van der Waals surface area contributed by atoms with Gasteiger partial charge in [-0.15, -0.1) is 0 Å². The number of aliphatic hydroxyl groups excluding tert-OH is 1. The van der Waals surface area contributed by atoms with Crippen molar-refractivity contribution >= 4 is 17.3 Å². The number of aliphatic hydroxyl groups is 1. The molecule has 1 aliphatic carbocycles. The minimum absolute atomic E-state index is 0.189. The fourth-order valence-electron chi connectivity index (χ4n) is 1.81. The van der Waals surface area contributed by atoms with E-state index in [1.165, 1.54) is 7.11 Å². The van der Waals surface area contributed by atoms with E-state index in [1.54, 1.807) is 13.0 Å². The van der Waals surface area contributed by atoms with E-state index in [0.717, 1.165) is 16.7 Å². The van der Waals surface area contributed by atoms with Crippen LogP contribution in [0.3, 0.4) is 0 Å². The number of hydrogen-bond acceptors (Lipinski definition) is 3. The van der Waals surface area contributed by atoms with Crippen LogP contribution in [0.15, 0.2) is 35.9 Å². The summed E-state index contributed by atoms with van der Waals surface area (Å²) >= 11 is 0. The first-order chi connectivity index (χ1) is 7.65. The van der Waals surface area contributed by atoms with Crippen molar-refractivity contribution in [1.82, 2.24) is 0 Å². The summed E-state index contributed by atoms with van der Waals surface area (Å²) in [6, 6.07) is 7.41. The normalized spacial score (nSPS) is 16.5. The van der Waals surface area contributed by atoms with Gasteiger partial charge in [-0.3, -0.25) is 0 Å². The number of fused-ring (bicyclic) bond motifs is 1. The zero-order valence-corrected chi connectivity index (χ0v) is 9.15. The number of benzene rings is 1. The van der Waals surface area contributed by atoms with E-state index in [2.05, 4.69) is 4.74 Å². The van der Waals surface area contributed by atoms with E-state index in [1.807, 2.05) is 24.3 Å². The van der Waals surface area contributed by atoms with Gasteiger partial charge in [0, 0.05) is 11.1 Å². The third-order valence-electron chi connectivity index (χ3n) is 2.67. The molecule has 1 aromatic rings. The van der Waals surface area contributed by atoms with Crippen molar-refractivity contribution in [2.45, 2.75) is 6.92 Å². The maximum Gasteiger partial charge on any atom is 0.334 e. The summed E-state index contributed by atoms with van der Waals surface area (Å²) in [4.78, 5) is 11.4. The molecule has 3 heteroatoms. The zero-order valence-electron chi connectivity index (χ0n) is 9.15. The monoisotopic (exact) mass is 216 g/mol. The quantitative estimate of drug-likeness (QED) is 0.579. The number of carbonyl (C=O) groups is 1. The molecule has 82 valence electrons. The van der Waals surface area contributed by atoms with Gasteiger partial charge in [-0.25, -0.2) is 4.79 Å². The molecule has 0 fully saturated rings. The Labute approximate surface area is 93.7 Å². The standard InChI is InChI=1S/C13H12O3/c1-8(13(15)16-2)11-7-12(14)10-6-4-3-5-9(10)11/h3-7,14H,1-2H3/b11-8+. The Morgan fingerprint density at radius 2 is 1.88 bits per heavy atom. The molecule has 1 aliphatic rings. The minimum atomic E-state index is -0.379. The van der Waals surface area contributed by atoms with Crippen molar-refractivity contribution in [1.29, 1.82) is 0 Å². The van der Waals surface area contributed by atoms with Gasteiger partial charge in [-0.2, -0.15) is 0 Å². The average Bonchev–Trinajstić information content (AvgIpc) is 2.65. The average molecular weight is 216 g/mol. The van der Waals surface area contributed by atoms with Gasteiger partial charge in [0.1, 0.15) is 5.76 Å². The highest BCUT2D eigenvalue weighted by atomic mass is 16.5. The Balaban J connectivity index is 2.60. The molecule has 0 atom stereocenters. The molecule has 0 bridgehead atoms. The summed E-state index contributed by atoms with van der Waals surface area (Å²) in [5, 5.41) is 9.73. The van der Waals surface area contributed by atoms with E-state index in [-0.39, 0.29) is 11.7 Å². The number of allylic oxidation sites excluding steroid dienone is 2. The van der Waals surface area contributed by atoms with E-state index < -0.39 is 0 Å². The number of rotatable bonds is 1. The van der Waals surface area contributed by atoms with Crippen LogP contribution in [0.5, 0.6) is 0 Å². The fourth-order valence-corrected chi connectivity index (χ4v) is 1.81. The maximum absolute atomic E-state index is 11.4. The molecule has 2 rings (SSSR count). The van der Waals surface area contributed by atoms with Crippen LogP contribution >= 0.6 is 0 Å². The first kappa shape index (κ1) is 10.5. The van der Waals surface area contributed by atoms with Crippen LogP contribution in [-0.2, 0) is 9.53 Å². The van der Waals surface area contributed by atoms with Crippen LogP contribution in [0.4, 0.5) is 0 Å². The molecule has 0 saturated heterocycles. The molecule has 1 aromatic carbocycles. The lowest BCUT2D eigenvalue weighted by molar-refractivity contribution is -0.135.